The summed E-state index contributed by atoms with van der Waals surface area (Å²) in [5.41, 5.74) is 12.8. The van der Waals surface area contributed by atoms with Crippen LogP contribution in [0.3, 0.4) is 0 Å². The van der Waals surface area contributed by atoms with Crippen molar-refractivity contribution in [1.29, 1.82) is 0 Å². The van der Waals surface area contributed by atoms with Crippen molar-refractivity contribution in [2.45, 2.75) is 0 Å². The summed E-state index contributed by atoms with van der Waals surface area (Å²) in [6, 6.07) is 81.6. The summed E-state index contributed by atoms with van der Waals surface area (Å²) in [5, 5.41) is 7.49. The van der Waals surface area contributed by atoms with Crippen molar-refractivity contribution in [1.82, 2.24) is 0 Å². The van der Waals surface area contributed by atoms with Crippen LogP contribution in [-0.2, 0) is 0 Å². The molecular weight excluding hydrogens is 663 g/mol. The van der Waals surface area contributed by atoms with Gasteiger partial charge in [0.2, 0.25) is 0 Å². The first-order chi connectivity index (χ1) is 27.2. The fourth-order valence-electron chi connectivity index (χ4n) is 8.04. The summed E-state index contributed by atoms with van der Waals surface area (Å²) in [6.07, 6.45) is 0. The van der Waals surface area contributed by atoms with Crippen LogP contribution in [0.15, 0.2) is 224 Å². The molecule has 1 heteroatoms. The molecule has 0 fully saturated rings. The molecule has 0 radical (unpaired) electrons. The van der Waals surface area contributed by atoms with Crippen LogP contribution >= 0.6 is 0 Å². The van der Waals surface area contributed by atoms with E-state index in [0.717, 1.165) is 17.1 Å². The lowest BCUT2D eigenvalue weighted by Crippen LogP contribution is -2.10. The van der Waals surface area contributed by atoms with Crippen molar-refractivity contribution in [2.75, 3.05) is 4.90 Å². The third-order valence-electron chi connectivity index (χ3n) is 10.8. The highest BCUT2D eigenvalue weighted by Gasteiger charge is 2.18. The van der Waals surface area contributed by atoms with Gasteiger partial charge in [-0.05, 0) is 125 Å². The minimum atomic E-state index is 1.10. The Morgan fingerprint density at radius 2 is 0.673 bits per heavy atom. The van der Waals surface area contributed by atoms with E-state index in [1.54, 1.807) is 0 Å². The number of rotatable bonds is 7. The molecule has 55 heavy (non-hydrogen) atoms. The highest BCUT2D eigenvalue weighted by molar-refractivity contribution is 6.09. The maximum Gasteiger partial charge on any atom is 0.0473 e. The van der Waals surface area contributed by atoms with Gasteiger partial charge in [0.05, 0.1) is 0 Å². The van der Waals surface area contributed by atoms with E-state index in [1.807, 2.05) is 0 Å². The zero-order valence-corrected chi connectivity index (χ0v) is 30.3. The molecule has 0 saturated carbocycles. The molecule has 0 aliphatic rings. The van der Waals surface area contributed by atoms with Gasteiger partial charge in [0.1, 0.15) is 0 Å². The van der Waals surface area contributed by atoms with Crippen molar-refractivity contribution in [2.24, 2.45) is 0 Å². The van der Waals surface area contributed by atoms with Gasteiger partial charge in [0.25, 0.3) is 0 Å². The first-order valence-corrected chi connectivity index (χ1v) is 18.9. The van der Waals surface area contributed by atoms with E-state index in [0.29, 0.717) is 0 Å². The Hall–Kier alpha value is -7.22. The number of hydrogen-bond donors (Lipinski definition) is 0. The van der Waals surface area contributed by atoms with Crippen molar-refractivity contribution >= 4 is 49.4 Å². The van der Waals surface area contributed by atoms with Crippen LogP contribution in [0.1, 0.15) is 0 Å². The van der Waals surface area contributed by atoms with Crippen LogP contribution in [-0.4, -0.2) is 0 Å². The van der Waals surface area contributed by atoms with Crippen molar-refractivity contribution in [3.05, 3.63) is 224 Å². The molecule has 10 rings (SSSR count). The number of fused-ring (bicyclic) bond motifs is 4. The first-order valence-electron chi connectivity index (χ1n) is 18.9. The van der Waals surface area contributed by atoms with Crippen LogP contribution in [0.2, 0.25) is 0 Å². The van der Waals surface area contributed by atoms with E-state index in [2.05, 4.69) is 229 Å². The van der Waals surface area contributed by atoms with Crippen LogP contribution in [0.4, 0.5) is 17.1 Å². The molecule has 0 atom stereocenters. The Labute approximate surface area is 322 Å². The molecule has 0 aromatic heterocycles. The molecule has 10 aromatic carbocycles. The monoisotopic (exact) mass is 699 g/mol. The molecule has 0 aliphatic carbocycles. The third kappa shape index (κ3) is 6.22. The van der Waals surface area contributed by atoms with E-state index in [1.165, 1.54) is 76.8 Å². The number of nitrogens with zero attached hydrogens (tertiary/aromatic N) is 1. The maximum absolute atomic E-state index is 2.40. The standard InChI is InChI=1S/C54H37N/c1-3-12-38(13-4-1)40-26-30-48(31-27-40)55(49-32-28-41(29-33-49)39-14-5-2-6-15-39)50-35-46(34-47(36-50)53-21-11-18-42-16-7-9-19-51(42)53)45-25-24-44-23-22-43-17-8-10-20-52(43)54(44)37-45/h1-37H. The Bertz CT molecular complexity index is 2860. The lowest BCUT2D eigenvalue weighted by molar-refractivity contribution is 1.28. The molecule has 0 unspecified atom stereocenters. The fourth-order valence-corrected chi connectivity index (χ4v) is 8.04. The Balaban J connectivity index is 1.19. The van der Waals surface area contributed by atoms with Crippen molar-refractivity contribution in [3.8, 4) is 44.5 Å². The average molecular weight is 700 g/mol. The summed E-state index contributed by atoms with van der Waals surface area (Å²) in [7, 11) is 0. The number of benzene rings is 10. The zero-order chi connectivity index (χ0) is 36.6. The fraction of sp³-hybridized carbons (Fsp3) is 0. The lowest BCUT2D eigenvalue weighted by atomic mass is 9.92. The van der Waals surface area contributed by atoms with Crippen LogP contribution in [0.5, 0.6) is 0 Å². The van der Waals surface area contributed by atoms with E-state index >= 15 is 0 Å². The van der Waals surface area contributed by atoms with E-state index in [-0.39, 0.29) is 0 Å². The molecule has 0 aliphatic heterocycles. The predicted octanol–water partition coefficient (Wildman–Crippen LogP) is 15.3. The van der Waals surface area contributed by atoms with Gasteiger partial charge in [0.15, 0.2) is 0 Å². The minimum absolute atomic E-state index is 1.10. The van der Waals surface area contributed by atoms with Gasteiger partial charge in [-0.2, -0.15) is 0 Å². The summed E-state index contributed by atoms with van der Waals surface area (Å²) in [6.45, 7) is 0. The van der Waals surface area contributed by atoms with Gasteiger partial charge in [-0.15, -0.1) is 0 Å². The molecule has 10 aromatic rings. The molecule has 0 heterocycles. The Morgan fingerprint density at radius 3 is 1.31 bits per heavy atom. The second kappa shape index (κ2) is 14.0. The molecule has 0 spiro atoms. The summed E-state index contributed by atoms with van der Waals surface area (Å²) < 4.78 is 0. The van der Waals surface area contributed by atoms with Crippen molar-refractivity contribution in [3.63, 3.8) is 0 Å². The molecule has 0 bridgehead atoms. The largest absolute Gasteiger partial charge is 0.310 e. The molecule has 0 saturated heterocycles. The Morgan fingerprint density at radius 1 is 0.218 bits per heavy atom. The second-order valence-corrected chi connectivity index (χ2v) is 14.2. The molecule has 0 amide bonds. The minimum Gasteiger partial charge on any atom is -0.310 e. The van der Waals surface area contributed by atoms with E-state index < -0.39 is 0 Å². The van der Waals surface area contributed by atoms with Gasteiger partial charge in [0, 0.05) is 17.1 Å². The maximum atomic E-state index is 2.40. The van der Waals surface area contributed by atoms with Crippen LogP contribution in [0.25, 0.3) is 76.8 Å². The van der Waals surface area contributed by atoms with Gasteiger partial charge in [-0.1, -0.05) is 176 Å². The summed E-state index contributed by atoms with van der Waals surface area (Å²) >= 11 is 0. The number of anilines is 3. The smallest absolute Gasteiger partial charge is 0.0473 e. The van der Waals surface area contributed by atoms with Crippen LogP contribution in [0, 0.1) is 0 Å². The predicted molar refractivity (Wildman–Crippen MR) is 235 cm³/mol. The van der Waals surface area contributed by atoms with Gasteiger partial charge in [-0.3, -0.25) is 0 Å². The van der Waals surface area contributed by atoms with Crippen LogP contribution < -0.4 is 4.90 Å². The van der Waals surface area contributed by atoms with E-state index in [4.69, 9.17) is 0 Å². The normalized spacial score (nSPS) is 11.3. The lowest BCUT2D eigenvalue weighted by Gasteiger charge is -2.27. The highest BCUT2D eigenvalue weighted by Crippen LogP contribution is 2.42. The van der Waals surface area contributed by atoms with Gasteiger partial charge < -0.3 is 4.90 Å². The van der Waals surface area contributed by atoms with Gasteiger partial charge in [-0.25, -0.2) is 0 Å². The summed E-state index contributed by atoms with van der Waals surface area (Å²) in [4.78, 5) is 2.40. The molecule has 1 nitrogen and oxygen atoms in total. The van der Waals surface area contributed by atoms with Gasteiger partial charge >= 0.3 is 0 Å². The number of hydrogen-bond acceptors (Lipinski definition) is 1. The second-order valence-electron chi connectivity index (χ2n) is 14.2. The Kier molecular flexibility index (Phi) is 8.24. The third-order valence-corrected chi connectivity index (χ3v) is 10.8. The first kappa shape index (κ1) is 32.4. The molecule has 0 N–H and O–H groups in total. The highest BCUT2D eigenvalue weighted by atomic mass is 15.1. The topological polar surface area (TPSA) is 3.24 Å². The van der Waals surface area contributed by atoms with Crippen molar-refractivity contribution < 1.29 is 0 Å². The summed E-state index contributed by atoms with van der Waals surface area (Å²) in [5.74, 6) is 0. The molecular formula is C54H37N. The quantitative estimate of drug-likeness (QED) is 0.150. The SMILES string of the molecule is c1ccc(-c2ccc(N(c3ccc(-c4ccccc4)cc3)c3cc(-c4ccc5ccc6ccccc6c5c4)cc(-c4cccc5ccccc45)c3)cc2)cc1. The zero-order valence-electron chi connectivity index (χ0n) is 30.3. The van der Waals surface area contributed by atoms with E-state index in [9.17, 15) is 0 Å². The average Bonchev–Trinajstić information content (AvgIpc) is 3.27. The molecule has 258 valence electrons.